The van der Waals surface area contributed by atoms with E-state index >= 15 is 0 Å². The monoisotopic (exact) mass is 245 g/mol. The van der Waals surface area contributed by atoms with Crippen LogP contribution in [0.1, 0.15) is 16.1 Å². The molecule has 0 aromatic carbocycles. The number of nitrogens with zero attached hydrogens (tertiary/aromatic N) is 3. The zero-order valence-electron chi connectivity index (χ0n) is 10.1. The minimum absolute atomic E-state index is 0.401. The van der Waals surface area contributed by atoms with Crippen molar-refractivity contribution >= 4 is 11.7 Å². The maximum Gasteiger partial charge on any atom is 0.252 e. The van der Waals surface area contributed by atoms with Gasteiger partial charge in [0.05, 0.1) is 11.3 Å². The number of amides is 1. The molecule has 0 aliphatic heterocycles. The van der Waals surface area contributed by atoms with Crippen LogP contribution in [0.15, 0.2) is 30.6 Å². The van der Waals surface area contributed by atoms with E-state index in [2.05, 4.69) is 15.4 Å². The summed E-state index contributed by atoms with van der Waals surface area (Å²) in [6, 6.07) is 5.29. The number of hydrogen-bond donors (Lipinski definition) is 2. The van der Waals surface area contributed by atoms with Gasteiger partial charge in [-0.15, -0.1) is 0 Å². The quantitative estimate of drug-likeness (QED) is 0.806. The molecule has 2 rings (SSSR count). The molecule has 0 fully saturated rings. The lowest BCUT2D eigenvalue weighted by atomic mass is 10.2. The number of carbonyl (C=O) groups is 1. The van der Waals surface area contributed by atoms with Crippen LogP contribution < -0.4 is 11.1 Å². The van der Waals surface area contributed by atoms with Crippen LogP contribution in [0, 0.1) is 0 Å². The van der Waals surface area contributed by atoms with Gasteiger partial charge in [-0.3, -0.25) is 9.48 Å². The van der Waals surface area contributed by atoms with E-state index in [1.165, 1.54) is 0 Å². The molecule has 0 aliphatic carbocycles. The Kier molecular flexibility index (Phi) is 3.57. The molecular formula is C12H15N5O. The standard InChI is InChI=1S/C12H15N5O/c1-17-8-5-9(16-17)4-7-15-12-10(11(13)18)3-2-6-14-12/h2-3,5-6,8H,4,7H2,1H3,(H2,13,18)(H,14,15). The van der Waals surface area contributed by atoms with Crippen molar-refractivity contribution in [3.63, 3.8) is 0 Å². The van der Waals surface area contributed by atoms with Crippen molar-refractivity contribution in [1.29, 1.82) is 0 Å². The van der Waals surface area contributed by atoms with Crippen molar-refractivity contribution in [3.05, 3.63) is 41.9 Å². The number of carbonyl (C=O) groups excluding carboxylic acids is 1. The van der Waals surface area contributed by atoms with Crippen LogP contribution in [-0.2, 0) is 13.5 Å². The maximum absolute atomic E-state index is 11.2. The second-order valence-corrected chi connectivity index (χ2v) is 3.92. The molecule has 0 saturated carbocycles. The molecule has 6 heteroatoms. The summed E-state index contributed by atoms with van der Waals surface area (Å²) in [6.07, 6.45) is 4.27. The van der Waals surface area contributed by atoms with E-state index in [1.807, 2.05) is 19.3 Å². The highest BCUT2D eigenvalue weighted by molar-refractivity contribution is 5.97. The smallest absolute Gasteiger partial charge is 0.252 e. The Bertz CT molecular complexity index is 549. The second-order valence-electron chi connectivity index (χ2n) is 3.92. The van der Waals surface area contributed by atoms with Crippen LogP contribution in [-0.4, -0.2) is 27.2 Å². The summed E-state index contributed by atoms with van der Waals surface area (Å²) in [5.41, 5.74) is 6.66. The van der Waals surface area contributed by atoms with Crippen molar-refractivity contribution < 1.29 is 4.79 Å². The van der Waals surface area contributed by atoms with E-state index in [0.717, 1.165) is 12.1 Å². The number of pyridine rings is 1. The van der Waals surface area contributed by atoms with Gasteiger partial charge >= 0.3 is 0 Å². The van der Waals surface area contributed by atoms with Gasteiger partial charge in [-0.1, -0.05) is 0 Å². The fraction of sp³-hybridized carbons (Fsp3) is 0.250. The van der Waals surface area contributed by atoms with Gasteiger partial charge in [0.2, 0.25) is 0 Å². The molecule has 3 N–H and O–H groups in total. The van der Waals surface area contributed by atoms with Gasteiger partial charge in [0.25, 0.3) is 5.91 Å². The molecule has 0 bridgehead atoms. The first-order chi connectivity index (χ1) is 8.66. The largest absolute Gasteiger partial charge is 0.369 e. The van der Waals surface area contributed by atoms with Gasteiger partial charge < -0.3 is 11.1 Å². The van der Waals surface area contributed by atoms with Crippen molar-refractivity contribution in [2.24, 2.45) is 12.8 Å². The summed E-state index contributed by atoms with van der Waals surface area (Å²) in [5.74, 6) is 0.0318. The van der Waals surface area contributed by atoms with E-state index in [9.17, 15) is 4.79 Å². The maximum atomic E-state index is 11.2. The molecule has 0 unspecified atom stereocenters. The number of primary amides is 1. The molecule has 0 spiro atoms. The SMILES string of the molecule is Cn1ccc(CCNc2ncccc2C(N)=O)n1. The Labute approximate surface area is 105 Å². The molecule has 18 heavy (non-hydrogen) atoms. The van der Waals surface area contributed by atoms with E-state index in [4.69, 9.17) is 5.73 Å². The number of aromatic nitrogens is 3. The Balaban J connectivity index is 1.96. The fourth-order valence-electron chi connectivity index (χ4n) is 1.65. The van der Waals surface area contributed by atoms with Gasteiger partial charge in [0.15, 0.2) is 0 Å². The van der Waals surface area contributed by atoms with Crippen LogP contribution in [0.3, 0.4) is 0 Å². The van der Waals surface area contributed by atoms with Crippen molar-refractivity contribution in [2.45, 2.75) is 6.42 Å². The molecule has 94 valence electrons. The van der Waals surface area contributed by atoms with Gasteiger partial charge in [-0.05, 0) is 18.2 Å². The van der Waals surface area contributed by atoms with E-state index in [1.54, 1.807) is 23.0 Å². The van der Waals surface area contributed by atoms with Crippen molar-refractivity contribution in [3.8, 4) is 0 Å². The summed E-state index contributed by atoms with van der Waals surface area (Å²) in [4.78, 5) is 15.3. The molecule has 2 aromatic heterocycles. The molecule has 2 aromatic rings. The van der Waals surface area contributed by atoms with E-state index in [-0.39, 0.29) is 0 Å². The highest BCUT2D eigenvalue weighted by Crippen LogP contribution is 2.10. The minimum atomic E-state index is -0.483. The molecule has 0 atom stereocenters. The zero-order valence-corrected chi connectivity index (χ0v) is 10.1. The summed E-state index contributed by atoms with van der Waals surface area (Å²) in [7, 11) is 1.88. The molecule has 1 amide bonds. The number of rotatable bonds is 5. The Morgan fingerprint density at radius 2 is 2.33 bits per heavy atom. The van der Waals surface area contributed by atoms with Crippen LogP contribution in [0.25, 0.3) is 0 Å². The second kappa shape index (κ2) is 5.31. The van der Waals surface area contributed by atoms with Gasteiger partial charge in [-0.2, -0.15) is 5.10 Å². The van der Waals surface area contributed by atoms with Crippen LogP contribution in [0.2, 0.25) is 0 Å². The molecule has 0 aliphatic rings. The molecule has 0 radical (unpaired) electrons. The lowest BCUT2D eigenvalue weighted by molar-refractivity contribution is 0.100. The van der Waals surface area contributed by atoms with Gasteiger partial charge in [0, 0.05) is 32.4 Å². The van der Waals surface area contributed by atoms with E-state index in [0.29, 0.717) is 17.9 Å². The lowest BCUT2D eigenvalue weighted by Crippen LogP contribution is -2.16. The lowest BCUT2D eigenvalue weighted by Gasteiger charge is -2.07. The Morgan fingerprint density at radius 1 is 1.50 bits per heavy atom. The molecule has 2 heterocycles. The predicted molar refractivity (Wildman–Crippen MR) is 68.2 cm³/mol. The summed E-state index contributed by atoms with van der Waals surface area (Å²) < 4.78 is 1.75. The molecule has 6 nitrogen and oxygen atoms in total. The number of nitrogens with one attached hydrogen (secondary N) is 1. The summed E-state index contributed by atoms with van der Waals surface area (Å²) in [5, 5.41) is 7.36. The molecule has 0 saturated heterocycles. The number of nitrogens with two attached hydrogens (primary N) is 1. The topological polar surface area (TPSA) is 85.8 Å². The van der Waals surface area contributed by atoms with Gasteiger partial charge in [0.1, 0.15) is 5.82 Å². The molecular weight excluding hydrogens is 230 g/mol. The Morgan fingerprint density at radius 3 is 3.00 bits per heavy atom. The number of anilines is 1. The highest BCUT2D eigenvalue weighted by Gasteiger charge is 2.07. The zero-order chi connectivity index (χ0) is 13.0. The first-order valence-electron chi connectivity index (χ1n) is 5.64. The predicted octanol–water partition coefficient (Wildman–Crippen LogP) is 0.569. The highest BCUT2D eigenvalue weighted by atomic mass is 16.1. The fourth-order valence-corrected chi connectivity index (χ4v) is 1.65. The third-order valence-electron chi connectivity index (χ3n) is 2.52. The first kappa shape index (κ1) is 12.1. The van der Waals surface area contributed by atoms with Crippen molar-refractivity contribution in [1.82, 2.24) is 14.8 Å². The Hall–Kier alpha value is -2.37. The van der Waals surface area contributed by atoms with E-state index < -0.39 is 5.91 Å². The summed E-state index contributed by atoms with van der Waals surface area (Å²) >= 11 is 0. The van der Waals surface area contributed by atoms with Crippen LogP contribution in [0.5, 0.6) is 0 Å². The third kappa shape index (κ3) is 2.85. The normalized spacial score (nSPS) is 10.3. The van der Waals surface area contributed by atoms with Crippen molar-refractivity contribution in [2.75, 3.05) is 11.9 Å². The third-order valence-corrected chi connectivity index (χ3v) is 2.52. The average Bonchev–Trinajstić information content (AvgIpc) is 2.75. The number of aryl methyl sites for hydroxylation is 1. The van der Waals surface area contributed by atoms with Crippen LogP contribution >= 0.6 is 0 Å². The average molecular weight is 245 g/mol. The van der Waals surface area contributed by atoms with Gasteiger partial charge in [-0.25, -0.2) is 4.98 Å². The number of hydrogen-bond acceptors (Lipinski definition) is 4. The first-order valence-corrected chi connectivity index (χ1v) is 5.64. The van der Waals surface area contributed by atoms with Crippen LogP contribution in [0.4, 0.5) is 5.82 Å². The summed E-state index contributed by atoms with van der Waals surface area (Å²) in [6.45, 7) is 0.647. The minimum Gasteiger partial charge on any atom is -0.369 e.